The molecule has 1 aromatic heterocycles. The van der Waals surface area contributed by atoms with Crippen LogP contribution in [-0.4, -0.2) is 47.1 Å². The highest BCUT2D eigenvalue weighted by molar-refractivity contribution is 7.10. The van der Waals surface area contributed by atoms with Crippen molar-refractivity contribution in [2.24, 2.45) is 0 Å². The molecule has 0 saturated carbocycles. The van der Waals surface area contributed by atoms with E-state index in [1.807, 2.05) is 16.3 Å². The van der Waals surface area contributed by atoms with E-state index in [9.17, 15) is 9.50 Å². The first-order valence-electron chi connectivity index (χ1n) is 5.40. The molecule has 0 bridgehead atoms. The lowest BCUT2D eigenvalue weighted by atomic mass is 10.3. The average Bonchev–Trinajstić information content (AvgIpc) is 2.85. The van der Waals surface area contributed by atoms with Gasteiger partial charge in [-0.2, -0.15) is 0 Å². The van der Waals surface area contributed by atoms with E-state index in [1.165, 1.54) is 0 Å². The zero-order valence-corrected chi connectivity index (χ0v) is 10.1. The fraction of sp³-hybridized carbons (Fsp3) is 0.500. The Morgan fingerprint density at radius 1 is 1.53 bits per heavy atom. The van der Waals surface area contributed by atoms with Gasteiger partial charge in [0.15, 0.2) is 0 Å². The van der Waals surface area contributed by atoms with E-state index >= 15 is 0 Å². The van der Waals surface area contributed by atoms with Crippen LogP contribution in [0.5, 0.6) is 0 Å². The molecule has 0 radical (unpaired) electrons. The van der Waals surface area contributed by atoms with Crippen LogP contribution in [-0.2, 0) is 6.54 Å². The molecule has 1 fully saturated rings. The van der Waals surface area contributed by atoms with Crippen molar-refractivity contribution in [1.82, 2.24) is 4.90 Å². The molecule has 2 heterocycles. The maximum Gasteiger partial charge on any atom is 0.140 e. The van der Waals surface area contributed by atoms with Crippen molar-refractivity contribution < 1.29 is 14.6 Å². The number of alkyl halides is 1. The highest BCUT2D eigenvalue weighted by atomic mass is 32.1. The first-order valence-corrected chi connectivity index (χ1v) is 6.28. The number of halogens is 1. The number of hydrogen-bond acceptors (Lipinski definition) is 4. The number of β-amino-alcohol motifs (C(OH)–C–C–N with tert-alkyl or cyclic N) is 1. The number of likely N-dealkylation sites (tertiary alicyclic amines) is 1. The smallest absolute Gasteiger partial charge is 0.140 e. The Labute approximate surface area is 103 Å². The molecule has 1 aromatic rings. The summed E-state index contributed by atoms with van der Waals surface area (Å²) in [5, 5.41) is 19.8. The number of hydrogen-bond donors (Lipinski definition) is 2. The minimum Gasteiger partial charge on any atom is -0.389 e. The van der Waals surface area contributed by atoms with Gasteiger partial charge in [-0.25, -0.2) is 4.39 Å². The van der Waals surface area contributed by atoms with Crippen molar-refractivity contribution in [3.05, 3.63) is 21.9 Å². The summed E-state index contributed by atoms with van der Waals surface area (Å²) in [5.74, 6) is 5.41. The molecule has 3 nitrogen and oxygen atoms in total. The fourth-order valence-electron chi connectivity index (χ4n) is 1.84. The minimum atomic E-state index is -1.14. The van der Waals surface area contributed by atoms with Gasteiger partial charge in [-0.05, 0) is 6.07 Å². The monoisotopic (exact) mass is 255 g/mol. The van der Waals surface area contributed by atoms with Crippen LogP contribution < -0.4 is 0 Å². The maximum atomic E-state index is 13.1. The molecule has 17 heavy (non-hydrogen) atoms. The van der Waals surface area contributed by atoms with Gasteiger partial charge in [0.05, 0.1) is 6.10 Å². The van der Waals surface area contributed by atoms with Crippen molar-refractivity contribution in [2.75, 3.05) is 19.7 Å². The standard InChI is InChI=1S/C12H14FNO2S/c13-11-6-14(7-12(11)16)5-10-4-9(8-17-10)2-1-3-15/h4,8,11-12,15-16H,3,5-7H2/t11-,12-/m0/s1. The predicted octanol–water partition coefficient (Wildman–Crippen LogP) is 0.607. The first-order chi connectivity index (χ1) is 8.19. The molecule has 2 rings (SSSR count). The number of aliphatic hydroxyl groups excluding tert-OH is 2. The Bertz CT molecular complexity index is 427. The van der Waals surface area contributed by atoms with Crippen molar-refractivity contribution >= 4 is 11.3 Å². The molecule has 5 heteroatoms. The van der Waals surface area contributed by atoms with Crippen molar-refractivity contribution in [2.45, 2.75) is 18.8 Å². The van der Waals surface area contributed by atoms with Gasteiger partial charge >= 0.3 is 0 Å². The SMILES string of the molecule is OCC#Cc1csc(CN2C[C@H](O)[C@@H](F)C2)c1. The second-order valence-corrected chi connectivity index (χ2v) is 5.03. The van der Waals surface area contributed by atoms with Gasteiger partial charge in [0.1, 0.15) is 12.8 Å². The molecule has 92 valence electrons. The molecule has 1 aliphatic heterocycles. The Morgan fingerprint density at radius 3 is 3.00 bits per heavy atom. The summed E-state index contributed by atoms with van der Waals surface area (Å²) in [6.07, 6.45) is -1.99. The maximum absolute atomic E-state index is 13.1. The van der Waals surface area contributed by atoms with Gasteiger partial charge in [-0.3, -0.25) is 4.90 Å². The minimum absolute atomic E-state index is 0.146. The van der Waals surface area contributed by atoms with Crippen LogP contribution >= 0.6 is 11.3 Å². The summed E-state index contributed by atoms with van der Waals surface area (Å²) in [5.41, 5.74) is 0.871. The zero-order valence-electron chi connectivity index (χ0n) is 9.27. The topological polar surface area (TPSA) is 43.7 Å². The second kappa shape index (κ2) is 5.61. The lowest BCUT2D eigenvalue weighted by Gasteiger charge is -2.12. The molecule has 0 aromatic carbocycles. The van der Waals surface area contributed by atoms with Crippen LogP contribution in [0.2, 0.25) is 0 Å². The van der Waals surface area contributed by atoms with E-state index in [1.54, 1.807) is 11.3 Å². The lowest BCUT2D eigenvalue weighted by Crippen LogP contribution is -2.20. The number of nitrogens with zero attached hydrogens (tertiary/aromatic N) is 1. The molecular weight excluding hydrogens is 241 g/mol. The summed E-state index contributed by atoms with van der Waals surface area (Å²) in [6, 6.07) is 1.94. The van der Waals surface area contributed by atoms with Gasteiger partial charge in [0.2, 0.25) is 0 Å². The fourth-order valence-corrected chi connectivity index (χ4v) is 2.70. The summed E-state index contributed by atoms with van der Waals surface area (Å²) in [4.78, 5) is 2.98. The molecule has 0 amide bonds. The third kappa shape index (κ3) is 3.27. The molecule has 2 atom stereocenters. The molecule has 2 N–H and O–H groups in total. The van der Waals surface area contributed by atoms with E-state index in [0.29, 0.717) is 13.1 Å². The molecule has 1 saturated heterocycles. The Balaban J connectivity index is 1.93. The third-order valence-electron chi connectivity index (χ3n) is 2.64. The number of thiophene rings is 1. The van der Waals surface area contributed by atoms with E-state index in [-0.39, 0.29) is 13.2 Å². The Hall–Kier alpha value is -0.930. The number of rotatable bonds is 2. The largest absolute Gasteiger partial charge is 0.389 e. The summed E-state index contributed by atoms with van der Waals surface area (Å²) >= 11 is 1.56. The second-order valence-electron chi connectivity index (χ2n) is 4.04. The highest BCUT2D eigenvalue weighted by Crippen LogP contribution is 2.20. The quantitative estimate of drug-likeness (QED) is 0.761. The van der Waals surface area contributed by atoms with Crippen molar-refractivity contribution in [3.8, 4) is 11.8 Å². The molecule has 1 aliphatic rings. The summed E-state index contributed by atoms with van der Waals surface area (Å²) < 4.78 is 13.1. The predicted molar refractivity (Wildman–Crippen MR) is 64.5 cm³/mol. The van der Waals surface area contributed by atoms with Crippen molar-refractivity contribution in [3.63, 3.8) is 0 Å². The summed E-state index contributed by atoms with van der Waals surface area (Å²) in [7, 11) is 0. The van der Waals surface area contributed by atoms with E-state index < -0.39 is 12.3 Å². The van der Waals surface area contributed by atoms with Crippen molar-refractivity contribution in [1.29, 1.82) is 0 Å². The highest BCUT2D eigenvalue weighted by Gasteiger charge is 2.30. The van der Waals surface area contributed by atoms with E-state index in [2.05, 4.69) is 11.8 Å². The molecule has 0 spiro atoms. The number of aliphatic hydroxyl groups is 2. The van der Waals surface area contributed by atoms with Gasteiger partial charge in [-0.15, -0.1) is 11.3 Å². The molecular formula is C12H14FNO2S. The summed E-state index contributed by atoms with van der Waals surface area (Å²) in [6.45, 7) is 1.17. The molecule has 0 aliphatic carbocycles. The van der Waals surface area contributed by atoms with Crippen LogP contribution in [0.15, 0.2) is 11.4 Å². The van der Waals surface area contributed by atoms with Gasteiger partial charge in [0.25, 0.3) is 0 Å². The van der Waals surface area contributed by atoms with Gasteiger partial charge in [-0.1, -0.05) is 11.8 Å². The Morgan fingerprint density at radius 2 is 2.35 bits per heavy atom. The normalized spacial score (nSPS) is 24.6. The average molecular weight is 255 g/mol. The lowest BCUT2D eigenvalue weighted by molar-refractivity contribution is 0.115. The van der Waals surface area contributed by atoms with Crippen LogP contribution in [0, 0.1) is 11.8 Å². The van der Waals surface area contributed by atoms with E-state index in [0.717, 1.165) is 10.4 Å². The van der Waals surface area contributed by atoms with Gasteiger partial charge in [0, 0.05) is 35.5 Å². The van der Waals surface area contributed by atoms with Crippen LogP contribution in [0.3, 0.4) is 0 Å². The van der Waals surface area contributed by atoms with Crippen LogP contribution in [0.4, 0.5) is 4.39 Å². The van der Waals surface area contributed by atoms with Gasteiger partial charge < -0.3 is 10.2 Å². The first kappa shape index (κ1) is 12.5. The van der Waals surface area contributed by atoms with Crippen LogP contribution in [0.25, 0.3) is 0 Å². The molecule has 0 unspecified atom stereocenters. The van der Waals surface area contributed by atoms with E-state index in [4.69, 9.17) is 5.11 Å². The zero-order chi connectivity index (χ0) is 12.3. The third-order valence-corrected chi connectivity index (χ3v) is 3.56. The Kier molecular flexibility index (Phi) is 4.13. The van der Waals surface area contributed by atoms with Crippen LogP contribution in [0.1, 0.15) is 10.4 Å².